The predicted octanol–water partition coefficient (Wildman–Crippen LogP) is 3.56. The predicted molar refractivity (Wildman–Crippen MR) is 128 cm³/mol. The van der Waals surface area contributed by atoms with Gasteiger partial charge in [0.25, 0.3) is 0 Å². The van der Waals surface area contributed by atoms with Crippen LogP contribution in [0.4, 0.5) is 10.1 Å². The summed E-state index contributed by atoms with van der Waals surface area (Å²) in [5.74, 6) is 1.55. The van der Waals surface area contributed by atoms with Crippen molar-refractivity contribution in [3.63, 3.8) is 0 Å². The zero-order valence-corrected chi connectivity index (χ0v) is 19.1. The summed E-state index contributed by atoms with van der Waals surface area (Å²) in [5, 5.41) is 15.9. The first-order chi connectivity index (χ1) is 15.6. The van der Waals surface area contributed by atoms with Crippen LogP contribution >= 0.6 is 0 Å². The largest absolute Gasteiger partial charge is 0.489 e. The molecule has 174 valence electrons. The molecule has 32 heavy (non-hydrogen) atoms. The maximum Gasteiger partial charge on any atom is 0.191 e. The molecule has 1 fully saturated rings. The standard InChI is InChI=1S/C25H35FN4O2/c1-3-27-25(28-16-19(2)32-24-10-6-22(26)7-11-24)29-17-20-4-8-23(9-5-20)30-14-12-21(18-31)13-15-30/h4-11,19,21,31H,3,12-18H2,1-2H3,(H2,27,28,29). The second-order valence-electron chi connectivity index (χ2n) is 8.24. The summed E-state index contributed by atoms with van der Waals surface area (Å²) in [6.45, 7) is 8.20. The number of halogens is 1. The lowest BCUT2D eigenvalue weighted by molar-refractivity contribution is 0.203. The third-order valence-corrected chi connectivity index (χ3v) is 5.65. The first-order valence-electron chi connectivity index (χ1n) is 11.5. The molecule has 1 aliphatic rings. The monoisotopic (exact) mass is 442 g/mol. The van der Waals surface area contributed by atoms with Crippen molar-refractivity contribution < 1.29 is 14.2 Å². The fourth-order valence-corrected chi connectivity index (χ4v) is 3.73. The molecule has 1 heterocycles. The van der Waals surface area contributed by atoms with Crippen LogP contribution in [0.5, 0.6) is 5.75 Å². The van der Waals surface area contributed by atoms with Crippen LogP contribution in [0.3, 0.4) is 0 Å². The van der Waals surface area contributed by atoms with Crippen molar-refractivity contribution in [2.75, 3.05) is 37.7 Å². The Balaban J connectivity index is 1.49. The van der Waals surface area contributed by atoms with Gasteiger partial charge in [-0.2, -0.15) is 0 Å². The molecule has 1 aliphatic heterocycles. The minimum absolute atomic E-state index is 0.0985. The Bertz CT molecular complexity index is 834. The molecule has 2 aromatic carbocycles. The lowest BCUT2D eigenvalue weighted by Crippen LogP contribution is -2.41. The summed E-state index contributed by atoms with van der Waals surface area (Å²) in [7, 11) is 0. The van der Waals surface area contributed by atoms with Gasteiger partial charge in [0.2, 0.25) is 0 Å². The number of ether oxygens (including phenoxy) is 1. The van der Waals surface area contributed by atoms with Crippen LogP contribution in [0.15, 0.2) is 53.5 Å². The van der Waals surface area contributed by atoms with Crippen LogP contribution in [0.1, 0.15) is 32.3 Å². The van der Waals surface area contributed by atoms with E-state index in [1.807, 2.05) is 13.8 Å². The molecule has 0 spiro atoms. The summed E-state index contributed by atoms with van der Waals surface area (Å²) < 4.78 is 18.8. The minimum Gasteiger partial charge on any atom is -0.489 e. The zero-order valence-electron chi connectivity index (χ0n) is 19.1. The summed E-state index contributed by atoms with van der Waals surface area (Å²) in [6.07, 6.45) is 1.99. The van der Waals surface area contributed by atoms with E-state index in [4.69, 9.17) is 4.74 Å². The Morgan fingerprint density at radius 1 is 1.12 bits per heavy atom. The van der Waals surface area contributed by atoms with Crippen molar-refractivity contribution >= 4 is 11.6 Å². The molecular formula is C25H35FN4O2. The van der Waals surface area contributed by atoms with Crippen LogP contribution in [0.25, 0.3) is 0 Å². The first kappa shape index (κ1) is 23.9. The van der Waals surface area contributed by atoms with Gasteiger partial charge in [-0.15, -0.1) is 0 Å². The molecule has 0 aromatic heterocycles. The van der Waals surface area contributed by atoms with E-state index in [9.17, 15) is 9.50 Å². The summed E-state index contributed by atoms with van der Waals surface area (Å²) in [6, 6.07) is 14.6. The Kier molecular flexibility index (Phi) is 9.16. The second-order valence-corrected chi connectivity index (χ2v) is 8.24. The highest BCUT2D eigenvalue weighted by atomic mass is 19.1. The number of piperidine rings is 1. The van der Waals surface area contributed by atoms with Gasteiger partial charge in [-0.05, 0) is 74.6 Å². The maximum atomic E-state index is 13.0. The number of hydrogen-bond donors (Lipinski definition) is 3. The van der Waals surface area contributed by atoms with E-state index in [1.165, 1.54) is 17.8 Å². The van der Waals surface area contributed by atoms with Gasteiger partial charge in [0, 0.05) is 31.9 Å². The van der Waals surface area contributed by atoms with Gasteiger partial charge in [0.05, 0.1) is 13.1 Å². The normalized spacial score (nSPS) is 16.0. The highest BCUT2D eigenvalue weighted by Gasteiger charge is 2.18. The van der Waals surface area contributed by atoms with Crippen molar-refractivity contribution in [3.05, 3.63) is 59.9 Å². The zero-order chi connectivity index (χ0) is 22.8. The topological polar surface area (TPSA) is 69.1 Å². The minimum atomic E-state index is -0.274. The molecule has 1 saturated heterocycles. The number of nitrogens with zero attached hydrogens (tertiary/aromatic N) is 2. The van der Waals surface area contributed by atoms with Crippen molar-refractivity contribution in [2.24, 2.45) is 10.9 Å². The number of hydrogen-bond acceptors (Lipinski definition) is 4. The number of rotatable bonds is 9. The Hall–Kier alpha value is -2.80. The van der Waals surface area contributed by atoms with Crippen molar-refractivity contribution in [2.45, 2.75) is 39.3 Å². The fraction of sp³-hybridized carbons (Fsp3) is 0.480. The molecule has 3 N–H and O–H groups in total. The molecular weight excluding hydrogens is 407 g/mol. The van der Waals surface area contributed by atoms with Gasteiger partial charge in [0.15, 0.2) is 5.96 Å². The van der Waals surface area contributed by atoms with E-state index in [2.05, 4.69) is 44.8 Å². The molecule has 0 saturated carbocycles. The highest BCUT2D eigenvalue weighted by molar-refractivity contribution is 5.79. The van der Waals surface area contributed by atoms with E-state index in [0.717, 1.165) is 44.0 Å². The summed E-state index contributed by atoms with van der Waals surface area (Å²) in [4.78, 5) is 7.07. The number of guanidine groups is 1. The maximum absolute atomic E-state index is 13.0. The van der Waals surface area contributed by atoms with Gasteiger partial charge in [0.1, 0.15) is 17.7 Å². The molecule has 2 aromatic rings. The summed E-state index contributed by atoms with van der Waals surface area (Å²) >= 11 is 0. The molecule has 1 unspecified atom stereocenters. The highest BCUT2D eigenvalue weighted by Crippen LogP contribution is 2.23. The molecule has 3 rings (SSSR count). The van der Waals surface area contributed by atoms with Gasteiger partial charge >= 0.3 is 0 Å². The molecule has 0 amide bonds. The van der Waals surface area contributed by atoms with Crippen LogP contribution in [0, 0.1) is 11.7 Å². The van der Waals surface area contributed by atoms with Gasteiger partial charge in [-0.25, -0.2) is 9.38 Å². The first-order valence-corrected chi connectivity index (χ1v) is 11.5. The van der Waals surface area contributed by atoms with E-state index >= 15 is 0 Å². The van der Waals surface area contributed by atoms with Gasteiger partial charge in [-0.1, -0.05) is 12.1 Å². The van der Waals surface area contributed by atoms with Crippen molar-refractivity contribution in [1.29, 1.82) is 0 Å². The Morgan fingerprint density at radius 3 is 2.44 bits per heavy atom. The third kappa shape index (κ3) is 7.41. The number of nitrogens with one attached hydrogen (secondary N) is 2. The van der Waals surface area contributed by atoms with Crippen LogP contribution in [-0.2, 0) is 6.54 Å². The third-order valence-electron chi connectivity index (χ3n) is 5.65. The molecule has 1 atom stereocenters. The average Bonchev–Trinajstić information content (AvgIpc) is 2.83. The van der Waals surface area contributed by atoms with Gasteiger partial charge in [-0.3, -0.25) is 0 Å². The number of aliphatic hydroxyl groups is 1. The second kappa shape index (κ2) is 12.3. The summed E-state index contributed by atoms with van der Waals surface area (Å²) in [5.41, 5.74) is 2.37. The lowest BCUT2D eigenvalue weighted by atomic mass is 9.97. The lowest BCUT2D eigenvalue weighted by Gasteiger charge is -2.32. The molecule has 6 nitrogen and oxygen atoms in total. The average molecular weight is 443 g/mol. The van der Waals surface area contributed by atoms with Crippen LogP contribution in [-0.4, -0.2) is 50.0 Å². The van der Waals surface area contributed by atoms with Crippen molar-refractivity contribution in [1.82, 2.24) is 10.6 Å². The van der Waals surface area contributed by atoms with E-state index in [1.54, 1.807) is 12.1 Å². The SMILES string of the molecule is CCNC(=NCc1ccc(N2CCC(CO)CC2)cc1)NCC(C)Oc1ccc(F)cc1. The molecule has 0 bridgehead atoms. The Morgan fingerprint density at radius 2 is 1.81 bits per heavy atom. The molecule has 0 radical (unpaired) electrons. The number of anilines is 1. The van der Waals surface area contributed by atoms with E-state index < -0.39 is 0 Å². The van der Waals surface area contributed by atoms with Crippen molar-refractivity contribution in [3.8, 4) is 5.75 Å². The van der Waals surface area contributed by atoms with Gasteiger partial charge < -0.3 is 25.4 Å². The van der Waals surface area contributed by atoms with E-state index in [0.29, 0.717) is 31.4 Å². The number of aliphatic hydroxyl groups excluding tert-OH is 1. The van der Waals surface area contributed by atoms with Crippen LogP contribution in [0.2, 0.25) is 0 Å². The molecule has 7 heteroatoms. The van der Waals surface area contributed by atoms with Crippen LogP contribution < -0.4 is 20.3 Å². The molecule has 0 aliphatic carbocycles. The number of benzene rings is 2. The smallest absolute Gasteiger partial charge is 0.191 e. The quantitative estimate of drug-likeness (QED) is 0.409. The number of aliphatic imine (C=N–C) groups is 1. The Labute approximate surface area is 190 Å². The fourth-order valence-electron chi connectivity index (χ4n) is 3.73. The van der Waals surface area contributed by atoms with E-state index in [-0.39, 0.29) is 11.9 Å².